The van der Waals surface area contributed by atoms with E-state index in [1.54, 1.807) is 24.1 Å². The third kappa shape index (κ3) is 5.32. The van der Waals surface area contributed by atoms with Crippen molar-refractivity contribution in [2.75, 3.05) is 33.4 Å². The number of hydrogen-bond acceptors (Lipinski definition) is 3. The molecule has 1 heterocycles. The quantitative estimate of drug-likeness (QED) is 0.736. The van der Waals surface area contributed by atoms with Crippen LogP contribution in [0, 0.1) is 11.7 Å². The summed E-state index contributed by atoms with van der Waals surface area (Å²) in [6.45, 7) is 2.20. The summed E-state index contributed by atoms with van der Waals surface area (Å²) >= 11 is 0. The van der Waals surface area contributed by atoms with Gasteiger partial charge >= 0.3 is 0 Å². The van der Waals surface area contributed by atoms with Crippen molar-refractivity contribution in [3.05, 3.63) is 35.6 Å². The smallest absolute Gasteiger partial charge is 0.225 e. The maximum absolute atomic E-state index is 12.8. The van der Waals surface area contributed by atoms with Crippen molar-refractivity contribution in [2.45, 2.75) is 19.3 Å². The molecule has 2 rings (SSSR count). The fourth-order valence-corrected chi connectivity index (χ4v) is 2.69. The molecule has 1 atom stereocenters. The Bertz CT molecular complexity index is 533. The van der Waals surface area contributed by atoms with Crippen molar-refractivity contribution in [3.63, 3.8) is 0 Å². The van der Waals surface area contributed by atoms with Gasteiger partial charge in [0.2, 0.25) is 11.8 Å². The van der Waals surface area contributed by atoms with Crippen molar-refractivity contribution in [1.29, 1.82) is 0 Å². The molecule has 0 saturated carbocycles. The highest BCUT2D eigenvalue weighted by molar-refractivity contribution is 5.89. The molecule has 1 unspecified atom stereocenters. The largest absolute Gasteiger partial charge is 0.385 e. The number of rotatable bonds is 8. The number of carbonyl (C=O) groups is 2. The summed E-state index contributed by atoms with van der Waals surface area (Å²) in [5, 5.41) is 2.86. The molecule has 126 valence electrons. The van der Waals surface area contributed by atoms with Gasteiger partial charge < -0.3 is 15.0 Å². The van der Waals surface area contributed by atoms with Gasteiger partial charge in [0.1, 0.15) is 5.82 Å². The van der Waals surface area contributed by atoms with Crippen LogP contribution in [0.2, 0.25) is 0 Å². The lowest BCUT2D eigenvalue weighted by Crippen LogP contribution is -2.34. The predicted octanol–water partition coefficient (Wildman–Crippen LogP) is 1.37. The fourth-order valence-electron chi connectivity index (χ4n) is 2.69. The first-order valence-corrected chi connectivity index (χ1v) is 7.89. The molecule has 23 heavy (non-hydrogen) atoms. The van der Waals surface area contributed by atoms with E-state index in [0.29, 0.717) is 32.7 Å². The average Bonchev–Trinajstić information content (AvgIpc) is 2.91. The van der Waals surface area contributed by atoms with Gasteiger partial charge in [0.25, 0.3) is 0 Å². The van der Waals surface area contributed by atoms with Crippen LogP contribution in [0.3, 0.4) is 0 Å². The minimum absolute atomic E-state index is 0.0276. The van der Waals surface area contributed by atoms with E-state index in [-0.39, 0.29) is 30.0 Å². The van der Waals surface area contributed by atoms with Crippen LogP contribution in [0.4, 0.5) is 4.39 Å². The summed E-state index contributed by atoms with van der Waals surface area (Å²) in [6, 6.07) is 6.23. The normalized spacial score (nSPS) is 17.6. The third-order valence-electron chi connectivity index (χ3n) is 3.99. The number of hydrogen-bond donors (Lipinski definition) is 1. The molecule has 5 nitrogen and oxygen atoms in total. The Labute approximate surface area is 135 Å². The van der Waals surface area contributed by atoms with Crippen LogP contribution in [0.25, 0.3) is 0 Å². The number of amides is 2. The number of halogens is 1. The van der Waals surface area contributed by atoms with E-state index in [0.717, 1.165) is 12.0 Å². The minimum atomic E-state index is -0.279. The first-order valence-electron chi connectivity index (χ1n) is 7.89. The Balaban J connectivity index is 1.71. The summed E-state index contributed by atoms with van der Waals surface area (Å²) in [5.41, 5.74) is 0.968. The first kappa shape index (κ1) is 17.4. The van der Waals surface area contributed by atoms with Gasteiger partial charge in [-0.25, -0.2) is 4.39 Å². The van der Waals surface area contributed by atoms with E-state index in [1.165, 1.54) is 12.1 Å². The Kier molecular flexibility index (Phi) is 6.52. The number of benzene rings is 1. The highest BCUT2D eigenvalue weighted by Crippen LogP contribution is 2.18. The Morgan fingerprint density at radius 3 is 2.83 bits per heavy atom. The van der Waals surface area contributed by atoms with Gasteiger partial charge in [-0.2, -0.15) is 0 Å². The molecule has 6 heteroatoms. The Hall–Kier alpha value is -1.95. The number of nitrogens with one attached hydrogen (secondary N) is 1. The van der Waals surface area contributed by atoms with Crippen molar-refractivity contribution in [1.82, 2.24) is 10.2 Å². The van der Waals surface area contributed by atoms with Gasteiger partial charge in [-0.3, -0.25) is 9.59 Å². The Morgan fingerprint density at radius 1 is 1.39 bits per heavy atom. The lowest BCUT2D eigenvalue weighted by molar-refractivity contribution is -0.129. The molecule has 0 aliphatic carbocycles. The zero-order valence-electron chi connectivity index (χ0n) is 13.4. The van der Waals surface area contributed by atoms with Gasteiger partial charge in [0.15, 0.2) is 0 Å². The SMILES string of the molecule is COCCCN1CC(C(=O)NCCc2ccc(F)cc2)CC1=O. The molecular weight excluding hydrogens is 299 g/mol. The van der Waals surface area contributed by atoms with Crippen LogP contribution in [0.15, 0.2) is 24.3 Å². The molecule has 1 aromatic rings. The van der Waals surface area contributed by atoms with Crippen LogP contribution >= 0.6 is 0 Å². The first-order chi connectivity index (χ1) is 11.1. The monoisotopic (exact) mass is 322 g/mol. The van der Waals surface area contributed by atoms with E-state index < -0.39 is 0 Å². The highest BCUT2D eigenvalue weighted by atomic mass is 19.1. The molecule has 1 aliphatic rings. The van der Waals surface area contributed by atoms with Gasteiger partial charge in [-0.15, -0.1) is 0 Å². The fraction of sp³-hybridized carbons (Fsp3) is 0.529. The maximum atomic E-state index is 12.8. The summed E-state index contributed by atoms with van der Waals surface area (Å²) in [7, 11) is 1.63. The van der Waals surface area contributed by atoms with Gasteiger partial charge in [0.05, 0.1) is 5.92 Å². The van der Waals surface area contributed by atoms with Crippen molar-refractivity contribution < 1.29 is 18.7 Å². The number of ether oxygens (including phenoxy) is 1. The van der Waals surface area contributed by atoms with Crippen molar-refractivity contribution in [3.8, 4) is 0 Å². The van der Waals surface area contributed by atoms with Crippen LogP contribution in [-0.4, -0.2) is 50.1 Å². The molecule has 0 bridgehead atoms. The number of carbonyl (C=O) groups excluding carboxylic acids is 2. The summed E-state index contributed by atoms with van der Waals surface area (Å²) in [6.07, 6.45) is 1.70. The molecule has 0 radical (unpaired) electrons. The van der Waals surface area contributed by atoms with Crippen LogP contribution < -0.4 is 5.32 Å². The Morgan fingerprint density at radius 2 is 2.13 bits per heavy atom. The van der Waals surface area contributed by atoms with Crippen molar-refractivity contribution in [2.24, 2.45) is 5.92 Å². The molecular formula is C17H23FN2O3. The summed E-state index contributed by atoms with van der Waals surface area (Å²) in [4.78, 5) is 25.7. The topological polar surface area (TPSA) is 58.6 Å². The molecule has 1 saturated heterocycles. The van der Waals surface area contributed by atoms with E-state index in [9.17, 15) is 14.0 Å². The lowest BCUT2D eigenvalue weighted by Gasteiger charge is -2.16. The second-order valence-corrected chi connectivity index (χ2v) is 5.75. The minimum Gasteiger partial charge on any atom is -0.385 e. The molecule has 1 aliphatic heterocycles. The van der Waals surface area contributed by atoms with Gasteiger partial charge in [-0.05, 0) is 30.5 Å². The van der Waals surface area contributed by atoms with Gasteiger partial charge in [0, 0.05) is 39.8 Å². The standard InChI is InChI=1S/C17H23FN2O3/c1-23-10-2-9-20-12-14(11-16(20)21)17(22)19-8-7-13-3-5-15(18)6-4-13/h3-6,14H,2,7-12H2,1H3,(H,19,22). The molecule has 1 fully saturated rings. The molecule has 0 spiro atoms. The summed E-state index contributed by atoms with van der Waals surface area (Å²) < 4.78 is 17.8. The van der Waals surface area contributed by atoms with E-state index >= 15 is 0 Å². The molecule has 0 aromatic heterocycles. The zero-order valence-corrected chi connectivity index (χ0v) is 13.4. The van der Waals surface area contributed by atoms with E-state index in [1.807, 2.05) is 0 Å². The second kappa shape index (κ2) is 8.62. The predicted molar refractivity (Wildman–Crippen MR) is 84.3 cm³/mol. The number of likely N-dealkylation sites (tertiary alicyclic amines) is 1. The van der Waals surface area contributed by atoms with E-state index in [2.05, 4.69) is 5.32 Å². The van der Waals surface area contributed by atoms with Crippen LogP contribution in [0.5, 0.6) is 0 Å². The van der Waals surface area contributed by atoms with Crippen molar-refractivity contribution >= 4 is 11.8 Å². The zero-order chi connectivity index (χ0) is 16.7. The molecule has 1 N–H and O–H groups in total. The van der Waals surface area contributed by atoms with Crippen LogP contribution in [-0.2, 0) is 20.7 Å². The molecule has 1 aromatic carbocycles. The number of nitrogens with zero attached hydrogens (tertiary/aromatic N) is 1. The highest BCUT2D eigenvalue weighted by Gasteiger charge is 2.33. The maximum Gasteiger partial charge on any atom is 0.225 e. The summed E-state index contributed by atoms with van der Waals surface area (Å²) in [5.74, 6) is -0.608. The average molecular weight is 322 g/mol. The second-order valence-electron chi connectivity index (χ2n) is 5.75. The van der Waals surface area contributed by atoms with Crippen LogP contribution in [0.1, 0.15) is 18.4 Å². The number of methoxy groups -OCH3 is 1. The van der Waals surface area contributed by atoms with E-state index in [4.69, 9.17) is 4.74 Å². The third-order valence-corrected chi connectivity index (χ3v) is 3.99. The van der Waals surface area contributed by atoms with Gasteiger partial charge in [-0.1, -0.05) is 12.1 Å². The molecule has 2 amide bonds. The lowest BCUT2D eigenvalue weighted by atomic mass is 10.1.